The molecular weight excluding hydrogens is 294 g/mol. The zero-order valence-electron chi connectivity index (χ0n) is 9.89. The van der Waals surface area contributed by atoms with E-state index in [0.29, 0.717) is 0 Å². The van der Waals surface area contributed by atoms with Crippen LogP contribution in [0.25, 0.3) is 0 Å². The number of alkyl halides is 6. The van der Waals surface area contributed by atoms with E-state index in [-0.39, 0.29) is 25.9 Å². The first-order valence-corrected chi connectivity index (χ1v) is 6.07. The van der Waals surface area contributed by atoms with Crippen molar-refractivity contribution in [2.75, 3.05) is 19.6 Å². The Morgan fingerprint density at radius 2 is 1.63 bits per heavy atom. The average molecular weight is 308 g/mol. The molecular formula is C10H14F6N2S. The Bertz CT molecular complexity index is 319. The molecule has 0 aromatic carbocycles. The van der Waals surface area contributed by atoms with E-state index in [4.69, 9.17) is 5.73 Å². The molecule has 1 atom stereocenters. The molecule has 0 bridgehead atoms. The van der Waals surface area contributed by atoms with Crippen molar-refractivity contribution in [3.63, 3.8) is 0 Å². The Morgan fingerprint density at radius 1 is 1.16 bits per heavy atom. The molecule has 0 aromatic rings. The lowest BCUT2D eigenvalue weighted by Gasteiger charge is -2.35. The third-order valence-corrected chi connectivity index (χ3v) is 3.51. The number of nitrogens with two attached hydrogens (primary N) is 1. The molecule has 0 spiro atoms. The lowest BCUT2D eigenvalue weighted by molar-refractivity contribution is -0.188. The molecule has 1 saturated heterocycles. The van der Waals surface area contributed by atoms with Crippen molar-refractivity contribution in [1.29, 1.82) is 0 Å². The molecule has 1 aliphatic rings. The smallest absolute Gasteiger partial charge is 0.393 e. The van der Waals surface area contributed by atoms with Gasteiger partial charge in [-0.15, -0.1) is 0 Å². The molecule has 1 heterocycles. The fraction of sp³-hybridized carbons (Fsp3) is 0.900. The molecule has 0 aromatic heterocycles. The maximum atomic E-state index is 12.6. The molecule has 19 heavy (non-hydrogen) atoms. The van der Waals surface area contributed by atoms with Gasteiger partial charge in [0.05, 0.1) is 10.9 Å². The number of nitrogens with zero attached hydrogens (tertiary/aromatic N) is 1. The predicted octanol–water partition coefficient (Wildman–Crippen LogP) is 2.73. The van der Waals surface area contributed by atoms with Crippen LogP contribution in [-0.2, 0) is 0 Å². The van der Waals surface area contributed by atoms with Crippen LogP contribution in [0.1, 0.15) is 12.8 Å². The van der Waals surface area contributed by atoms with Gasteiger partial charge in [-0.1, -0.05) is 12.2 Å². The van der Waals surface area contributed by atoms with Gasteiger partial charge in [0, 0.05) is 6.54 Å². The van der Waals surface area contributed by atoms with Crippen molar-refractivity contribution in [2.45, 2.75) is 25.2 Å². The van der Waals surface area contributed by atoms with E-state index >= 15 is 0 Å². The maximum Gasteiger partial charge on any atom is 0.399 e. The molecule has 1 rings (SSSR count). The summed E-state index contributed by atoms with van der Waals surface area (Å²) in [5, 5.41) is 0. The van der Waals surface area contributed by atoms with Crippen LogP contribution in [0, 0.1) is 11.8 Å². The molecule has 1 unspecified atom stereocenters. The number of hydrogen-bond donors (Lipinski definition) is 1. The fourth-order valence-corrected chi connectivity index (χ4v) is 2.26. The second kappa shape index (κ2) is 5.82. The van der Waals surface area contributed by atoms with Crippen LogP contribution in [0.4, 0.5) is 26.3 Å². The first-order chi connectivity index (χ1) is 8.51. The summed E-state index contributed by atoms with van der Waals surface area (Å²) in [5.41, 5.74) is 5.04. The van der Waals surface area contributed by atoms with E-state index in [1.54, 1.807) is 0 Å². The lowest BCUT2D eigenvalue weighted by Crippen LogP contribution is -2.47. The average Bonchev–Trinajstić information content (AvgIpc) is 2.23. The van der Waals surface area contributed by atoms with Crippen molar-refractivity contribution in [1.82, 2.24) is 4.90 Å². The molecule has 2 N–H and O–H groups in total. The highest BCUT2D eigenvalue weighted by Gasteiger charge is 2.45. The number of rotatable bonds is 3. The van der Waals surface area contributed by atoms with Crippen LogP contribution < -0.4 is 5.73 Å². The first kappa shape index (κ1) is 16.5. The van der Waals surface area contributed by atoms with Crippen molar-refractivity contribution >= 4 is 17.2 Å². The summed E-state index contributed by atoms with van der Waals surface area (Å²) in [6.45, 7) is -0.526. The minimum atomic E-state index is -4.56. The summed E-state index contributed by atoms with van der Waals surface area (Å²) in [7, 11) is 0. The zero-order chi connectivity index (χ0) is 14.8. The molecule has 9 heteroatoms. The molecule has 112 valence electrons. The second-order valence-corrected chi connectivity index (χ2v) is 5.08. The molecule has 0 amide bonds. The van der Waals surface area contributed by atoms with Gasteiger partial charge in [-0.25, -0.2) is 0 Å². The molecule has 1 aliphatic heterocycles. The standard InChI is InChI=1S/C10H14F6N2S/c11-9(12,13)6-1-3-18(4-2-6)5-7(8(17)19)10(14,15)16/h6-7H,1-5H2,(H2,17,19). The highest BCUT2D eigenvalue weighted by atomic mass is 32.1. The van der Waals surface area contributed by atoms with Gasteiger partial charge >= 0.3 is 12.4 Å². The zero-order valence-corrected chi connectivity index (χ0v) is 10.7. The van der Waals surface area contributed by atoms with Crippen molar-refractivity contribution in [2.24, 2.45) is 17.6 Å². The molecule has 0 radical (unpaired) electrons. The summed E-state index contributed by atoms with van der Waals surface area (Å²) < 4.78 is 75.1. The lowest BCUT2D eigenvalue weighted by atomic mass is 9.95. The van der Waals surface area contributed by atoms with E-state index in [1.807, 2.05) is 0 Å². The number of halogens is 6. The topological polar surface area (TPSA) is 29.3 Å². The Balaban J connectivity index is 2.54. The van der Waals surface area contributed by atoms with Gasteiger partial charge < -0.3 is 10.6 Å². The van der Waals surface area contributed by atoms with Gasteiger partial charge in [0.25, 0.3) is 0 Å². The molecule has 0 saturated carbocycles. The minimum absolute atomic E-state index is 0.0284. The van der Waals surface area contributed by atoms with E-state index < -0.39 is 35.7 Å². The van der Waals surface area contributed by atoms with Crippen molar-refractivity contribution < 1.29 is 26.3 Å². The van der Waals surface area contributed by atoms with Crippen LogP contribution in [0.5, 0.6) is 0 Å². The van der Waals surface area contributed by atoms with E-state index in [0.717, 1.165) is 0 Å². The van der Waals surface area contributed by atoms with Gasteiger partial charge in [0.2, 0.25) is 0 Å². The van der Waals surface area contributed by atoms with E-state index in [2.05, 4.69) is 12.2 Å². The highest BCUT2D eigenvalue weighted by molar-refractivity contribution is 7.80. The summed E-state index contributed by atoms with van der Waals surface area (Å²) in [4.78, 5) is 0.657. The monoisotopic (exact) mass is 308 g/mol. The third-order valence-electron chi connectivity index (χ3n) is 3.23. The van der Waals surface area contributed by atoms with Crippen LogP contribution in [-0.4, -0.2) is 41.9 Å². The van der Waals surface area contributed by atoms with E-state index in [9.17, 15) is 26.3 Å². The number of likely N-dealkylation sites (tertiary alicyclic amines) is 1. The first-order valence-electron chi connectivity index (χ1n) is 5.67. The Morgan fingerprint density at radius 3 is 1.95 bits per heavy atom. The number of thiocarbonyl (C=S) groups is 1. The SMILES string of the molecule is NC(=S)C(CN1CCC(C(F)(F)F)CC1)C(F)(F)F. The van der Waals surface area contributed by atoms with Crippen molar-refractivity contribution in [3.05, 3.63) is 0 Å². The van der Waals surface area contributed by atoms with Crippen LogP contribution in [0.15, 0.2) is 0 Å². The van der Waals surface area contributed by atoms with Crippen molar-refractivity contribution in [3.8, 4) is 0 Å². The Kier molecular flexibility index (Phi) is 5.05. The molecule has 2 nitrogen and oxygen atoms in total. The fourth-order valence-electron chi connectivity index (χ4n) is 2.06. The third kappa shape index (κ3) is 4.79. The summed E-state index contributed by atoms with van der Waals surface area (Å²) >= 11 is 4.37. The second-order valence-electron chi connectivity index (χ2n) is 4.61. The Hall–Kier alpha value is -0.570. The summed E-state index contributed by atoms with van der Waals surface area (Å²) in [5.74, 6) is -3.40. The summed E-state index contributed by atoms with van der Waals surface area (Å²) in [6, 6.07) is 0. The van der Waals surface area contributed by atoms with Gasteiger partial charge in [-0.2, -0.15) is 26.3 Å². The normalized spacial score (nSPS) is 21.4. The van der Waals surface area contributed by atoms with Gasteiger partial charge in [0.1, 0.15) is 5.92 Å². The van der Waals surface area contributed by atoms with Gasteiger partial charge in [-0.3, -0.25) is 0 Å². The van der Waals surface area contributed by atoms with Gasteiger partial charge in [-0.05, 0) is 25.9 Å². The predicted molar refractivity (Wildman–Crippen MR) is 61.5 cm³/mol. The van der Waals surface area contributed by atoms with Gasteiger partial charge in [0.15, 0.2) is 0 Å². The Labute approximate surface area is 111 Å². The number of hydrogen-bond acceptors (Lipinski definition) is 2. The molecule has 0 aliphatic carbocycles. The largest absolute Gasteiger partial charge is 0.399 e. The quantitative estimate of drug-likeness (QED) is 0.642. The molecule has 1 fully saturated rings. The van der Waals surface area contributed by atoms with Crippen LogP contribution >= 0.6 is 12.2 Å². The van der Waals surface area contributed by atoms with Crippen LogP contribution in [0.2, 0.25) is 0 Å². The van der Waals surface area contributed by atoms with Crippen LogP contribution in [0.3, 0.4) is 0 Å². The summed E-state index contributed by atoms with van der Waals surface area (Å²) in [6.07, 6.45) is -9.22. The van der Waals surface area contributed by atoms with E-state index in [1.165, 1.54) is 4.90 Å². The maximum absolute atomic E-state index is 12.6. The number of piperidine rings is 1. The minimum Gasteiger partial charge on any atom is -0.393 e. The highest BCUT2D eigenvalue weighted by Crippen LogP contribution is 2.35.